The molecule has 0 atom stereocenters. The van der Waals surface area contributed by atoms with E-state index in [4.69, 9.17) is 0 Å². The van der Waals surface area contributed by atoms with E-state index < -0.39 is 0 Å². The number of nitrogens with zero attached hydrogens (tertiary/aromatic N) is 2. The third-order valence-electron chi connectivity index (χ3n) is 2.74. The quantitative estimate of drug-likeness (QED) is 0.726. The van der Waals surface area contributed by atoms with Gasteiger partial charge in [0.2, 0.25) is 0 Å². The van der Waals surface area contributed by atoms with Gasteiger partial charge in [-0.25, -0.2) is 0 Å². The number of hydrogen-bond acceptors (Lipinski definition) is 2. The van der Waals surface area contributed by atoms with Crippen molar-refractivity contribution >= 4 is 0 Å². The number of rotatable bonds is 4. The topological polar surface area (TPSA) is 29.9 Å². The number of aromatic nitrogens is 2. The van der Waals surface area contributed by atoms with E-state index in [-0.39, 0.29) is 0 Å². The maximum Gasteiger partial charge on any atom is 0.0492 e. The zero-order valence-corrected chi connectivity index (χ0v) is 8.61. The van der Waals surface area contributed by atoms with E-state index in [0.29, 0.717) is 6.04 Å². The summed E-state index contributed by atoms with van der Waals surface area (Å²) in [6, 6.07) is 2.75. The summed E-state index contributed by atoms with van der Waals surface area (Å²) in [6.45, 7) is 1.05. The van der Waals surface area contributed by atoms with Gasteiger partial charge in [0, 0.05) is 37.9 Å². The van der Waals surface area contributed by atoms with E-state index in [9.17, 15) is 0 Å². The van der Waals surface area contributed by atoms with Gasteiger partial charge in [-0.3, -0.25) is 4.68 Å². The van der Waals surface area contributed by atoms with Crippen molar-refractivity contribution in [2.24, 2.45) is 7.05 Å². The van der Waals surface area contributed by atoms with Crippen molar-refractivity contribution in [3.05, 3.63) is 30.1 Å². The second-order valence-electron chi connectivity index (χ2n) is 3.79. The van der Waals surface area contributed by atoms with Gasteiger partial charge in [-0.2, -0.15) is 5.10 Å². The Morgan fingerprint density at radius 2 is 2.29 bits per heavy atom. The van der Waals surface area contributed by atoms with Crippen LogP contribution in [0.2, 0.25) is 0 Å². The molecule has 1 aromatic rings. The summed E-state index contributed by atoms with van der Waals surface area (Å²) in [5.41, 5.74) is 1.29. The van der Waals surface area contributed by atoms with Crippen molar-refractivity contribution in [2.75, 3.05) is 6.54 Å². The average molecular weight is 191 g/mol. The van der Waals surface area contributed by atoms with Gasteiger partial charge in [0.25, 0.3) is 0 Å². The molecule has 1 N–H and O–H groups in total. The van der Waals surface area contributed by atoms with Gasteiger partial charge in [-0.05, 0) is 18.9 Å². The van der Waals surface area contributed by atoms with E-state index in [1.807, 2.05) is 17.9 Å². The lowest BCUT2D eigenvalue weighted by Gasteiger charge is -2.11. The SMILES string of the molecule is Cn1nccc1CCNC1CC=CC1. The van der Waals surface area contributed by atoms with E-state index in [0.717, 1.165) is 13.0 Å². The molecule has 14 heavy (non-hydrogen) atoms. The molecule has 0 radical (unpaired) electrons. The van der Waals surface area contributed by atoms with Crippen LogP contribution >= 0.6 is 0 Å². The summed E-state index contributed by atoms with van der Waals surface area (Å²) >= 11 is 0. The van der Waals surface area contributed by atoms with Crippen LogP contribution in [-0.4, -0.2) is 22.4 Å². The fourth-order valence-corrected chi connectivity index (χ4v) is 1.83. The number of hydrogen-bond donors (Lipinski definition) is 1. The van der Waals surface area contributed by atoms with Gasteiger partial charge in [-0.1, -0.05) is 12.2 Å². The van der Waals surface area contributed by atoms with Gasteiger partial charge in [0.15, 0.2) is 0 Å². The van der Waals surface area contributed by atoms with Crippen LogP contribution in [0.3, 0.4) is 0 Å². The Hall–Kier alpha value is -1.09. The minimum absolute atomic E-state index is 0.670. The first-order chi connectivity index (χ1) is 6.86. The summed E-state index contributed by atoms with van der Waals surface area (Å²) < 4.78 is 1.94. The maximum atomic E-state index is 4.14. The molecule has 0 saturated heterocycles. The lowest BCUT2D eigenvalue weighted by molar-refractivity contribution is 0.533. The van der Waals surface area contributed by atoms with Crippen LogP contribution in [0.5, 0.6) is 0 Å². The van der Waals surface area contributed by atoms with Crippen molar-refractivity contribution < 1.29 is 0 Å². The minimum atomic E-state index is 0.670. The smallest absolute Gasteiger partial charge is 0.0492 e. The Morgan fingerprint density at radius 1 is 1.50 bits per heavy atom. The first-order valence-corrected chi connectivity index (χ1v) is 5.21. The highest BCUT2D eigenvalue weighted by Gasteiger charge is 2.08. The third kappa shape index (κ3) is 2.23. The van der Waals surface area contributed by atoms with Gasteiger partial charge >= 0.3 is 0 Å². The van der Waals surface area contributed by atoms with Crippen LogP contribution in [0.1, 0.15) is 18.5 Å². The van der Waals surface area contributed by atoms with Crippen LogP contribution in [0, 0.1) is 0 Å². The highest BCUT2D eigenvalue weighted by molar-refractivity contribution is 5.01. The monoisotopic (exact) mass is 191 g/mol. The lowest BCUT2D eigenvalue weighted by atomic mass is 10.2. The highest BCUT2D eigenvalue weighted by atomic mass is 15.3. The van der Waals surface area contributed by atoms with Gasteiger partial charge in [0.05, 0.1) is 0 Å². The normalized spacial score (nSPS) is 16.6. The van der Waals surface area contributed by atoms with Crippen LogP contribution < -0.4 is 5.32 Å². The van der Waals surface area contributed by atoms with Crippen molar-refractivity contribution in [3.8, 4) is 0 Å². The fourth-order valence-electron chi connectivity index (χ4n) is 1.83. The molecule has 1 aromatic heterocycles. The first kappa shape index (κ1) is 9.46. The predicted octanol–water partition coefficient (Wildman–Crippen LogP) is 1.27. The molecule has 1 aliphatic rings. The molecule has 0 amide bonds. The largest absolute Gasteiger partial charge is 0.313 e. The summed E-state index contributed by atoms with van der Waals surface area (Å²) in [5.74, 6) is 0. The molecule has 76 valence electrons. The molecule has 1 heterocycles. The average Bonchev–Trinajstić information content (AvgIpc) is 2.78. The molecule has 2 rings (SSSR count). The molecule has 3 heteroatoms. The van der Waals surface area contributed by atoms with Crippen LogP contribution in [0.25, 0.3) is 0 Å². The highest BCUT2D eigenvalue weighted by Crippen LogP contribution is 2.08. The molecule has 0 unspecified atom stereocenters. The third-order valence-corrected chi connectivity index (χ3v) is 2.74. The van der Waals surface area contributed by atoms with Crippen molar-refractivity contribution in [2.45, 2.75) is 25.3 Å². The van der Waals surface area contributed by atoms with E-state index in [2.05, 4.69) is 28.6 Å². The predicted molar refractivity (Wildman–Crippen MR) is 57.1 cm³/mol. The van der Waals surface area contributed by atoms with Crippen molar-refractivity contribution in [1.82, 2.24) is 15.1 Å². The molecule has 0 aromatic carbocycles. The first-order valence-electron chi connectivity index (χ1n) is 5.21. The second kappa shape index (κ2) is 4.42. The van der Waals surface area contributed by atoms with Gasteiger partial charge < -0.3 is 5.32 Å². The summed E-state index contributed by atoms with van der Waals surface area (Å²) in [5, 5.41) is 7.69. The van der Waals surface area contributed by atoms with Gasteiger partial charge in [-0.15, -0.1) is 0 Å². The minimum Gasteiger partial charge on any atom is -0.313 e. The lowest BCUT2D eigenvalue weighted by Crippen LogP contribution is -2.28. The summed E-state index contributed by atoms with van der Waals surface area (Å²) in [7, 11) is 1.99. The van der Waals surface area contributed by atoms with E-state index in [1.54, 1.807) is 0 Å². The van der Waals surface area contributed by atoms with Crippen LogP contribution in [0.4, 0.5) is 0 Å². The molecular weight excluding hydrogens is 174 g/mol. The zero-order valence-electron chi connectivity index (χ0n) is 8.61. The van der Waals surface area contributed by atoms with E-state index in [1.165, 1.54) is 18.5 Å². The summed E-state index contributed by atoms with van der Waals surface area (Å²) in [6.07, 6.45) is 9.79. The molecule has 0 spiro atoms. The molecular formula is C11H17N3. The maximum absolute atomic E-state index is 4.14. The standard InChI is InChI=1S/C11H17N3/c1-14-11(7-9-13-14)6-8-12-10-4-2-3-5-10/h2-3,7,9-10,12H,4-6,8H2,1H3. The van der Waals surface area contributed by atoms with Crippen LogP contribution in [-0.2, 0) is 13.5 Å². The molecule has 0 saturated carbocycles. The summed E-state index contributed by atoms with van der Waals surface area (Å²) in [4.78, 5) is 0. The van der Waals surface area contributed by atoms with Gasteiger partial charge in [0.1, 0.15) is 0 Å². The molecule has 0 fully saturated rings. The molecule has 3 nitrogen and oxygen atoms in total. The molecule has 0 aliphatic heterocycles. The molecule has 0 bridgehead atoms. The van der Waals surface area contributed by atoms with Crippen molar-refractivity contribution in [1.29, 1.82) is 0 Å². The Labute approximate surface area is 84.8 Å². The Bertz CT molecular complexity index is 306. The zero-order chi connectivity index (χ0) is 9.80. The number of aryl methyl sites for hydroxylation is 1. The Kier molecular flexibility index (Phi) is 2.99. The van der Waals surface area contributed by atoms with Crippen molar-refractivity contribution in [3.63, 3.8) is 0 Å². The number of nitrogens with one attached hydrogen (secondary N) is 1. The fraction of sp³-hybridized carbons (Fsp3) is 0.545. The Morgan fingerprint density at radius 3 is 2.93 bits per heavy atom. The molecule has 1 aliphatic carbocycles. The van der Waals surface area contributed by atoms with Crippen LogP contribution in [0.15, 0.2) is 24.4 Å². The van der Waals surface area contributed by atoms with E-state index >= 15 is 0 Å². The Balaban J connectivity index is 1.70. The second-order valence-corrected chi connectivity index (χ2v) is 3.79.